The van der Waals surface area contributed by atoms with E-state index in [1.807, 2.05) is 13.0 Å². The molecule has 1 saturated carbocycles. The molecule has 2 atom stereocenters. The fourth-order valence-electron chi connectivity index (χ4n) is 4.48. The molecule has 1 aliphatic carbocycles. The second-order valence-corrected chi connectivity index (χ2v) is 8.53. The maximum absolute atomic E-state index is 13.0. The zero-order valence-electron chi connectivity index (χ0n) is 18.6. The summed E-state index contributed by atoms with van der Waals surface area (Å²) in [5.41, 5.74) is 0.663. The molecule has 2 aromatic rings. The van der Waals surface area contributed by atoms with Crippen molar-refractivity contribution >= 4 is 23.5 Å². The fraction of sp³-hybridized carbons (Fsp3) is 0.375. The zero-order chi connectivity index (χ0) is 23.6. The van der Waals surface area contributed by atoms with E-state index in [4.69, 9.17) is 4.74 Å². The minimum absolute atomic E-state index is 0.0335. The van der Waals surface area contributed by atoms with Crippen molar-refractivity contribution in [1.82, 2.24) is 15.2 Å². The van der Waals surface area contributed by atoms with E-state index >= 15 is 0 Å². The van der Waals surface area contributed by atoms with Crippen molar-refractivity contribution in [2.45, 2.75) is 45.1 Å². The van der Waals surface area contributed by atoms with Gasteiger partial charge in [-0.2, -0.15) is 5.26 Å². The number of carbonyl (C=O) groups is 3. The zero-order valence-corrected chi connectivity index (χ0v) is 18.6. The molecule has 9 nitrogen and oxygen atoms in total. The number of imide groups is 1. The Kier molecular flexibility index (Phi) is 6.01. The van der Waals surface area contributed by atoms with Crippen LogP contribution in [0.1, 0.15) is 43.7 Å². The Balaban J connectivity index is 1.42. The molecule has 170 valence electrons. The Labute approximate surface area is 191 Å². The van der Waals surface area contributed by atoms with Gasteiger partial charge in [0.05, 0.1) is 0 Å². The van der Waals surface area contributed by atoms with E-state index in [9.17, 15) is 19.6 Å². The van der Waals surface area contributed by atoms with E-state index in [1.165, 1.54) is 6.20 Å². The van der Waals surface area contributed by atoms with Crippen LogP contribution in [-0.2, 0) is 9.59 Å². The highest BCUT2D eigenvalue weighted by Crippen LogP contribution is 2.38. The van der Waals surface area contributed by atoms with Crippen LogP contribution in [-0.4, -0.2) is 39.8 Å². The second-order valence-electron chi connectivity index (χ2n) is 8.53. The third-order valence-electron chi connectivity index (χ3n) is 6.38. The molecule has 2 fully saturated rings. The number of amides is 4. The standard InChI is InChI=1S/C24H25N5O4/c1-15-12-18(33-21-17(13-25)7-5-11-26-21)8-9-19(15)27-20(30)14-29-22(31)24(28-23(29)32)10-4-3-6-16(24)2/h5,7-9,11-12,16H,3-4,6,10,14H2,1-2H3,(H,27,30)(H,28,32)/t16-,24+/m1/s1. The Morgan fingerprint density at radius 3 is 2.91 bits per heavy atom. The Bertz CT molecular complexity index is 1160. The van der Waals surface area contributed by atoms with Crippen LogP contribution in [0.3, 0.4) is 0 Å². The van der Waals surface area contributed by atoms with E-state index in [1.54, 1.807) is 37.3 Å². The topological polar surface area (TPSA) is 124 Å². The van der Waals surface area contributed by atoms with E-state index in [2.05, 4.69) is 15.6 Å². The molecule has 2 aliphatic rings. The van der Waals surface area contributed by atoms with E-state index in [0.717, 1.165) is 24.2 Å². The van der Waals surface area contributed by atoms with Gasteiger partial charge in [0.25, 0.3) is 5.91 Å². The summed E-state index contributed by atoms with van der Waals surface area (Å²) in [6.45, 7) is 3.41. The quantitative estimate of drug-likeness (QED) is 0.676. The first-order valence-electron chi connectivity index (χ1n) is 10.9. The fourth-order valence-corrected chi connectivity index (χ4v) is 4.48. The van der Waals surface area contributed by atoms with Crippen molar-refractivity contribution in [3.63, 3.8) is 0 Å². The third-order valence-corrected chi connectivity index (χ3v) is 6.38. The summed E-state index contributed by atoms with van der Waals surface area (Å²) in [7, 11) is 0. The average Bonchev–Trinajstić information content (AvgIpc) is 3.03. The average molecular weight is 447 g/mol. The highest BCUT2D eigenvalue weighted by molar-refractivity contribution is 6.10. The number of nitriles is 1. The Morgan fingerprint density at radius 1 is 1.36 bits per heavy atom. The van der Waals surface area contributed by atoms with Crippen LogP contribution >= 0.6 is 0 Å². The van der Waals surface area contributed by atoms with Crippen molar-refractivity contribution in [2.24, 2.45) is 5.92 Å². The molecule has 0 unspecified atom stereocenters. The first kappa shape index (κ1) is 22.3. The maximum atomic E-state index is 13.0. The summed E-state index contributed by atoms with van der Waals surface area (Å²) in [5.74, 6) is -0.0962. The molecular formula is C24H25N5O4. The molecule has 1 aromatic carbocycles. The summed E-state index contributed by atoms with van der Waals surface area (Å²) in [5, 5.41) is 14.8. The lowest BCUT2D eigenvalue weighted by Crippen LogP contribution is -2.54. The van der Waals surface area contributed by atoms with Gasteiger partial charge in [-0.15, -0.1) is 0 Å². The lowest BCUT2D eigenvalue weighted by atomic mass is 9.73. The number of nitrogens with zero attached hydrogens (tertiary/aromatic N) is 3. The van der Waals surface area contributed by atoms with Crippen molar-refractivity contribution in [3.8, 4) is 17.7 Å². The molecule has 0 radical (unpaired) electrons. The van der Waals surface area contributed by atoms with Crippen LogP contribution < -0.4 is 15.4 Å². The number of pyridine rings is 1. The number of anilines is 1. The number of ether oxygens (including phenoxy) is 1. The van der Waals surface area contributed by atoms with Crippen molar-refractivity contribution in [2.75, 3.05) is 11.9 Å². The summed E-state index contributed by atoms with van der Waals surface area (Å²) in [6, 6.07) is 9.77. The molecule has 2 heterocycles. The summed E-state index contributed by atoms with van der Waals surface area (Å²) in [6.07, 6.45) is 4.91. The van der Waals surface area contributed by atoms with E-state index in [0.29, 0.717) is 29.0 Å². The third kappa shape index (κ3) is 4.24. The van der Waals surface area contributed by atoms with Gasteiger partial charge in [-0.25, -0.2) is 9.78 Å². The largest absolute Gasteiger partial charge is 0.438 e. The molecule has 0 bridgehead atoms. The SMILES string of the molecule is Cc1cc(Oc2ncccc2C#N)ccc1NC(=O)CN1C(=O)N[C@]2(CCCC[C@H]2C)C1=O. The van der Waals surface area contributed by atoms with Gasteiger partial charge in [0.15, 0.2) is 0 Å². The van der Waals surface area contributed by atoms with Crippen LogP contribution in [0.5, 0.6) is 11.6 Å². The number of carbonyl (C=O) groups excluding carboxylic acids is 3. The van der Waals surface area contributed by atoms with Crippen LogP contribution in [0.25, 0.3) is 0 Å². The number of rotatable bonds is 5. The maximum Gasteiger partial charge on any atom is 0.325 e. The summed E-state index contributed by atoms with van der Waals surface area (Å²) >= 11 is 0. The van der Waals surface area contributed by atoms with Crippen LogP contribution in [0.15, 0.2) is 36.5 Å². The molecule has 1 saturated heterocycles. The molecule has 1 spiro atoms. The van der Waals surface area contributed by atoms with Gasteiger partial charge in [-0.1, -0.05) is 19.8 Å². The van der Waals surface area contributed by atoms with Crippen LogP contribution in [0, 0.1) is 24.2 Å². The van der Waals surface area contributed by atoms with Crippen molar-refractivity contribution in [1.29, 1.82) is 5.26 Å². The molecule has 9 heteroatoms. The van der Waals surface area contributed by atoms with Crippen LogP contribution in [0.2, 0.25) is 0 Å². The predicted octanol–water partition coefficient (Wildman–Crippen LogP) is 3.49. The monoisotopic (exact) mass is 447 g/mol. The van der Waals surface area contributed by atoms with Gasteiger partial charge in [0.2, 0.25) is 11.8 Å². The lowest BCUT2D eigenvalue weighted by Gasteiger charge is -2.36. The lowest BCUT2D eigenvalue weighted by molar-refractivity contribution is -0.136. The van der Waals surface area contributed by atoms with Crippen molar-refractivity contribution in [3.05, 3.63) is 47.7 Å². The molecule has 4 rings (SSSR count). The number of aromatic nitrogens is 1. The van der Waals surface area contributed by atoms with Gasteiger partial charge in [0.1, 0.15) is 29.5 Å². The molecule has 4 amide bonds. The Morgan fingerprint density at radius 2 is 2.18 bits per heavy atom. The minimum atomic E-state index is -0.891. The smallest absolute Gasteiger partial charge is 0.325 e. The van der Waals surface area contributed by atoms with E-state index < -0.39 is 17.5 Å². The molecule has 1 aliphatic heterocycles. The molecule has 1 aromatic heterocycles. The number of aryl methyl sites for hydroxylation is 1. The van der Waals surface area contributed by atoms with Gasteiger partial charge in [-0.3, -0.25) is 14.5 Å². The second kappa shape index (κ2) is 8.90. The van der Waals surface area contributed by atoms with Crippen LogP contribution in [0.4, 0.5) is 10.5 Å². The van der Waals surface area contributed by atoms with Gasteiger partial charge < -0.3 is 15.4 Å². The first-order valence-corrected chi connectivity index (χ1v) is 10.9. The number of nitrogens with one attached hydrogen (secondary N) is 2. The highest BCUT2D eigenvalue weighted by atomic mass is 16.5. The van der Waals surface area contributed by atoms with Gasteiger partial charge in [0, 0.05) is 11.9 Å². The summed E-state index contributed by atoms with van der Waals surface area (Å²) < 4.78 is 5.70. The molecule has 2 N–H and O–H groups in total. The summed E-state index contributed by atoms with van der Waals surface area (Å²) in [4.78, 5) is 43.3. The van der Waals surface area contributed by atoms with E-state index in [-0.39, 0.29) is 24.2 Å². The number of urea groups is 1. The minimum Gasteiger partial charge on any atom is -0.438 e. The van der Waals surface area contributed by atoms with Gasteiger partial charge in [-0.05, 0) is 61.6 Å². The normalized spacial score (nSPS) is 22.1. The van der Waals surface area contributed by atoms with Gasteiger partial charge >= 0.3 is 6.03 Å². The number of benzene rings is 1. The molecular weight excluding hydrogens is 422 g/mol. The number of hydrogen-bond donors (Lipinski definition) is 2. The Hall–Kier alpha value is -3.93. The first-order chi connectivity index (χ1) is 15.8. The van der Waals surface area contributed by atoms with Crippen molar-refractivity contribution < 1.29 is 19.1 Å². The highest BCUT2D eigenvalue weighted by Gasteiger charge is 2.55. The molecule has 33 heavy (non-hydrogen) atoms. The number of hydrogen-bond acceptors (Lipinski definition) is 6. The predicted molar refractivity (Wildman–Crippen MR) is 119 cm³/mol.